The van der Waals surface area contributed by atoms with Crippen molar-refractivity contribution in [2.45, 2.75) is 25.7 Å². The van der Waals surface area contributed by atoms with Gasteiger partial charge in [0.1, 0.15) is 15.9 Å². The van der Waals surface area contributed by atoms with Crippen molar-refractivity contribution in [3.8, 4) is 11.6 Å². The van der Waals surface area contributed by atoms with E-state index in [2.05, 4.69) is 122 Å². The Labute approximate surface area is 159 Å². The topological polar surface area (TPSA) is 0 Å². The van der Waals surface area contributed by atoms with E-state index in [1.54, 1.807) is 0 Å². The molecule has 0 saturated carbocycles. The van der Waals surface area contributed by atoms with Crippen molar-refractivity contribution in [2.75, 3.05) is 0 Å². The molecule has 0 N–H and O–H groups in total. The highest BCUT2D eigenvalue weighted by molar-refractivity contribution is 7.99. The van der Waals surface area contributed by atoms with Crippen molar-refractivity contribution in [3.63, 3.8) is 0 Å². The Morgan fingerprint density at radius 1 is 0.615 bits per heavy atom. The fourth-order valence-corrected chi connectivity index (χ4v) is 7.24. The Balaban J connectivity index is 2.28. The van der Waals surface area contributed by atoms with Gasteiger partial charge in [0.15, 0.2) is 7.26 Å². The van der Waals surface area contributed by atoms with Gasteiger partial charge in [-0.05, 0) is 36.4 Å². The maximum Gasteiger partial charge on any atom is 0.189 e. The van der Waals surface area contributed by atoms with Crippen LogP contribution in [0.25, 0.3) is 0 Å². The van der Waals surface area contributed by atoms with Crippen LogP contribution in [0.2, 0.25) is 25.7 Å². The third-order valence-electron chi connectivity index (χ3n) is 4.30. The minimum absolute atomic E-state index is 1.03. The van der Waals surface area contributed by atoms with E-state index in [-0.39, 0.29) is 0 Å². The van der Waals surface area contributed by atoms with Gasteiger partial charge in [-0.1, -0.05) is 80.2 Å². The first-order chi connectivity index (χ1) is 12.5. The lowest BCUT2D eigenvalue weighted by Crippen LogP contribution is -2.30. The standard InChI is InChI=1S/C24H26PSi/c1-26(2,3)21-13-20-25(22-14-7-4-8-15-22,23-16-9-5-10-17-23)24-18-11-6-12-19-24/h4-12,14-19H,21H2,1-3H3/q+1. The van der Waals surface area contributed by atoms with Crippen molar-refractivity contribution in [1.82, 2.24) is 0 Å². The van der Waals surface area contributed by atoms with Crippen molar-refractivity contribution in [2.24, 2.45) is 0 Å². The van der Waals surface area contributed by atoms with Crippen LogP contribution in [0.5, 0.6) is 0 Å². The van der Waals surface area contributed by atoms with Crippen molar-refractivity contribution in [3.05, 3.63) is 91.0 Å². The minimum atomic E-state index is -1.98. The van der Waals surface area contributed by atoms with Gasteiger partial charge in [0.25, 0.3) is 0 Å². The lowest BCUT2D eigenvalue weighted by Gasteiger charge is -2.21. The van der Waals surface area contributed by atoms with Gasteiger partial charge in [-0.3, -0.25) is 0 Å². The molecule has 0 aliphatic carbocycles. The largest absolute Gasteiger partial charge is 0.189 e. The zero-order valence-electron chi connectivity index (χ0n) is 15.8. The first-order valence-electron chi connectivity index (χ1n) is 9.08. The molecular weight excluding hydrogens is 347 g/mol. The van der Waals surface area contributed by atoms with E-state index in [4.69, 9.17) is 0 Å². The van der Waals surface area contributed by atoms with Crippen LogP contribution in [0, 0.1) is 11.6 Å². The first-order valence-corrected chi connectivity index (χ1v) is 14.6. The summed E-state index contributed by atoms with van der Waals surface area (Å²) in [5.41, 5.74) is 3.83. The predicted octanol–water partition coefficient (Wildman–Crippen LogP) is 5.28. The number of benzene rings is 3. The Hall–Kier alpha value is -2.13. The molecule has 0 fully saturated rings. The maximum atomic E-state index is 3.83. The summed E-state index contributed by atoms with van der Waals surface area (Å²) in [7, 11) is -3.19. The van der Waals surface area contributed by atoms with Crippen LogP contribution in [-0.4, -0.2) is 8.07 Å². The van der Waals surface area contributed by atoms with Crippen molar-refractivity contribution in [1.29, 1.82) is 0 Å². The molecule has 0 bridgehead atoms. The van der Waals surface area contributed by atoms with Gasteiger partial charge >= 0.3 is 0 Å². The molecule has 3 aromatic carbocycles. The Bertz CT molecular complexity index is 788. The second-order valence-electron chi connectivity index (χ2n) is 7.70. The Morgan fingerprint density at radius 2 is 0.962 bits per heavy atom. The molecule has 0 saturated heterocycles. The van der Waals surface area contributed by atoms with Crippen LogP contribution in [0.15, 0.2) is 91.0 Å². The molecule has 2 heteroatoms. The number of hydrogen-bond donors (Lipinski definition) is 0. The molecule has 0 nitrogen and oxygen atoms in total. The average Bonchev–Trinajstić information content (AvgIpc) is 2.67. The van der Waals surface area contributed by atoms with E-state index < -0.39 is 15.3 Å². The quantitative estimate of drug-likeness (QED) is 0.332. The zero-order chi connectivity index (χ0) is 18.5. The smallest absolute Gasteiger partial charge is 0.0688 e. The fraction of sp³-hybridized carbons (Fsp3) is 0.167. The molecule has 0 atom stereocenters. The van der Waals surface area contributed by atoms with Gasteiger partial charge in [-0.15, -0.1) is 0 Å². The van der Waals surface area contributed by atoms with Crippen LogP contribution >= 0.6 is 7.26 Å². The summed E-state index contributed by atoms with van der Waals surface area (Å²) in [4.78, 5) is 0. The van der Waals surface area contributed by atoms with Gasteiger partial charge in [0, 0.05) is 6.04 Å². The molecule has 0 aromatic heterocycles. The zero-order valence-corrected chi connectivity index (χ0v) is 17.7. The summed E-state index contributed by atoms with van der Waals surface area (Å²) < 4.78 is 0. The third-order valence-corrected chi connectivity index (χ3v) is 9.25. The van der Waals surface area contributed by atoms with Crippen molar-refractivity contribution >= 4 is 31.2 Å². The van der Waals surface area contributed by atoms with Gasteiger partial charge in [-0.25, -0.2) is 0 Å². The summed E-state index contributed by atoms with van der Waals surface area (Å²) in [6.45, 7) is 7.15. The van der Waals surface area contributed by atoms with Gasteiger partial charge in [0.05, 0.1) is 13.7 Å². The maximum absolute atomic E-state index is 3.83. The van der Waals surface area contributed by atoms with Crippen LogP contribution in [0.3, 0.4) is 0 Å². The fourth-order valence-electron chi connectivity index (χ4n) is 3.02. The second kappa shape index (κ2) is 8.04. The van der Waals surface area contributed by atoms with E-state index >= 15 is 0 Å². The molecule has 0 radical (unpaired) electrons. The minimum Gasteiger partial charge on any atom is -0.0688 e. The molecule has 26 heavy (non-hydrogen) atoms. The highest BCUT2D eigenvalue weighted by atomic mass is 31.2. The molecule has 0 aliphatic rings. The van der Waals surface area contributed by atoms with Crippen LogP contribution in [0.1, 0.15) is 0 Å². The molecule has 0 spiro atoms. The SMILES string of the molecule is C[Si](C)(C)CC#C[P+](c1ccccc1)(c1ccccc1)c1ccccc1. The van der Waals surface area contributed by atoms with Gasteiger partial charge in [0.2, 0.25) is 0 Å². The first kappa shape index (κ1) is 18.7. The van der Waals surface area contributed by atoms with Crippen LogP contribution in [-0.2, 0) is 0 Å². The Kier molecular flexibility index (Phi) is 5.77. The van der Waals surface area contributed by atoms with E-state index in [9.17, 15) is 0 Å². The van der Waals surface area contributed by atoms with E-state index in [1.165, 1.54) is 15.9 Å². The molecule has 0 heterocycles. The highest BCUT2D eigenvalue weighted by Crippen LogP contribution is 2.54. The summed E-state index contributed by atoms with van der Waals surface area (Å²) in [6.07, 6.45) is 0. The normalized spacial score (nSPS) is 11.5. The van der Waals surface area contributed by atoms with Gasteiger partial charge in [-0.2, -0.15) is 0 Å². The molecule has 0 aliphatic heterocycles. The van der Waals surface area contributed by atoms with E-state index in [0.717, 1.165) is 6.04 Å². The second-order valence-corrected chi connectivity index (χ2v) is 16.3. The lowest BCUT2D eigenvalue weighted by atomic mass is 10.4. The van der Waals surface area contributed by atoms with E-state index in [1.807, 2.05) is 0 Å². The lowest BCUT2D eigenvalue weighted by molar-refractivity contribution is 1.57. The Morgan fingerprint density at radius 3 is 1.27 bits per heavy atom. The summed E-state index contributed by atoms with van der Waals surface area (Å²) in [5, 5.41) is 4.00. The van der Waals surface area contributed by atoms with E-state index in [0.29, 0.717) is 0 Å². The molecule has 3 aromatic rings. The third kappa shape index (κ3) is 4.16. The number of hydrogen-bond acceptors (Lipinski definition) is 0. The monoisotopic (exact) mass is 373 g/mol. The summed E-state index contributed by atoms with van der Waals surface area (Å²) in [6, 6.07) is 33.6. The number of rotatable bonds is 4. The highest BCUT2D eigenvalue weighted by Gasteiger charge is 2.44. The van der Waals surface area contributed by atoms with Crippen LogP contribution in [0.4, 0.5) is 0 Å². The van der Waals surface area contributed by atoms with Crippen LogP contribution < -0.4 is 15.9 Å². The summed E-state index contributed by atoms with van der Waals surface area (Å²) >= 11 is 0. The predicted molar refractivity (Wildman–Crippen MR) is 121 cm³/mol. The summed E-state index contributed by atoms with van der Waals surface area (Å²) in [5.74, 6) is 3.62. The molecular formula is C24H26PSi+. The molecule has 0 amide bonds. The van der Waals surface area contributed by atoms with Gasteiger partial charge < -0.3 is 0 Å². The average molecular weight is 374 g/mol. The molecule has 0 unspecified atom stereocenters. The molecule has 3 rings (SSSR count). The van der Waals surface area contributed by atoms with Crippen molar-refractivity contribution < 1.29 is 0 Å². The molecule has 130 valence electrons.